The smallest absolute Gasteiger partial charge is 0.249 e. The SMILES string of the molecule is CCCCCCCCCCCCCCCC(O)C(=O)NC(COC1OC(CO)C(O)C(O)C1O)C(O)CCCCCCCCCCCCCC. The van der Waals surface area contributed by atoms with Gasteiger partial charge in [0.1, 0.15) is 30.5 Å². The summed E-state index contributed by atoms with van der Waals surface area (Å²) in [7, 11) is 0. The number of aliphatic hydroxyl groups is 6. The largest absolute Gasteiger partial charge is 0.394 e. The van der Waals surface area contributed by atoms with Gasteiger partial charge in [-0.2, -0.15) is 0 Å². The monoisotopic (exact) mass is 718 g/mol. The number of aliphatic hydroxyl groups excluding tert-OH is 6. The highest BCUT2D eigenvalue weighted by molar-refractivity contribution is 5.80. The molecule has 8 unspecified atom stereocenters. The van der Waals surface area contributed by atoms with Gasteiger partial charge in [0.25, 0.3) is 0 Å². The van der Waals surface area contributed by atoms with Gasteiger partial charge in [-0.1, -0.05) is 174 Å². The Morgan fingerprint density at radius 3 is 1.42 bits per heavy atom. The first-order chi connectivity index (χ1) is 24.3. The summed E-state index contributed by atoms with van der Waals surface area (Å²) in [5, 5.41) is 64.5. The van der Waals surface area contributed by atoms with Crippen molar-refractivity contribution in [3.8, 4) is 0 Å². The summed E-state index contributed by atoms with van der Waals surface area (Å²) in [6, 6.07) is -0.885. The molecule has 7 N–H and O–H groups in total. The van der Waals surface area contributed by atoms with Gasteiger partial charge in [-0.3, -0.25) is 4.79 Å². The molecule has 1 amide bonds. The van der Waals surface area contributed by atoms with Crippen LogP contribution in [0.25, 0.3) is 0 Å². The third-order valence-corrected chi connectivity index (χ3v) is 10.3. The lowest BCUT2D eigenvalue weighted by Gasteiger charge is -2.40. The summed E-state index contributed by atoms with van der Waals surface area (Å²) in [6.07, 6.45) is 21.5. The number of amides is 1. The second-order valence-electron chi connectivity index (χ2n) is 14.9. The second kappa shape index (κ2) is 31.7. The fourth-order valence-corrected chi connectivity index (χ4v) is 6.81. The van der Waals surface area contributed by atoms with Gasteiger partial charge in [0.15, 0.2) is 6.29 Å². The molecular formula is C40H79NO9. The van der Waals surface area contributed by atoms with E-state index in [9.17, 15) is 35.4 Å². The average Bonchev–Trinajstić information content (AvgIpc) is 3.11. The average molecular weight is 718 g/mol. The maximum Gasteiger partial charge on any atom is 0.249 e. The van der Waals surface area contributed by atoms with Crippen LogP contribution in [-0.2, 0) is 14.3 Å². The van der Waals surface area contributed by atoms with Gasteiger partial charge in [-0.15, -0.1) is 0 Å². The Morgan fingerprint density at radius 1 is 0.600 bits per heavy atom. The first-order valence-corrected chi connectivity index (χ1v) is 20.8. The first-order valence-electron chi connectivity index (χ1n) is 20.8. The number of unbranched alkanes of at least 4 members (excludes halogenated alkanes) is 23. The number of nitrogens with one attached hydrogen (secondary N) is 1. The van der Waals surface area contributed by atoms with E-state index in [2.05, 4.69) is 19.2 Å². The lowest BCUT2D eigenvalue weighted by Crippen LogP contribution is -2.60. The van der Waals surface area contributed by atoms with Crippen molar-refractivity contribution in [2.75, 3.05) is 13.2 Å². The predicted octanol–water partition coefficient (Wildman–Crippen LogP) is 6.58. The van der Waals surface area contributed by atoms with E-state index >= 15 is 0 Å². The van der Waals surface area contributed by atoms with E-state index in [1.165, 1.54) is 116 Å². The molecule has 1 fully saturated rings. The van der Waals surface area contributed by atoms with Gasteiger partial charge >= 0.3 is 0 Å². The Bertz CT molecular complexity index is 773. The highest BCUT2D eigenvalue weighted by atomic mass is 16.7. The minimum absolute atomic E-state index is 0.251. The van der Waals surface area contributed by atoms with Crippen molar-refractivity contribution < 1.29 is 44.9 Å². The maximum absolute atomic E-state index is 13.0. The number of hydrogen-bond donors (Lipinski definition) is 7. The molecule has 1 aliphatic rings. The van der Waals surface area contributed by atoms with Gasteiger partial charge in [-0.05, 0) is 12.8 Å². The first kappa shape index (κ1) is 47.2. The van der Waals surface area contributed by atoms with Crippen molar-refractivity contribution in [2.45, 2.75) is 236 Å². The fraction of sp³-hybridized carbons (Fsp3) is 0.975. The molecule has 0 bridgehead atoms. The number of carbonyl (C=O) groups is 1. The van der Waals surface area contributed by atoms with Crippen molar-refractivity contribution in [1.29, 1.82) is 0 Å². The topological polar surface area (TPSA) is 169 Å². The van der Waals surface area contributed by atoms with Crippen LogP contribution in [0.4, 0.5) is 0 Å². The molecule has 50 heavy (non-hydrogen) atoms. The Labute approximate surface area is 305 Å². The molecule has 10 nitrogen and oxygen atoms in total. The molecule has 0 spiro atoms. The molecule has 0 saturated carbocycles. The molecular weight excluding hydrogens is 638 g/mol. The van der Waals surface area contributed by atoms with E-state index < -0.39 is 61.5 Å². The Kier molecular flexibility index (Phi) is 29.9. The van der Waals surface area contributed by atoms with E-state index in [1.54, 1.807) is 0 Å². The zero-order chi connectivity index (χ0) is 36.8. The number of ether oxygens (including phenoxy) is 2. The lowest BCUT2D eigenvalue weighted by atomic mass is 9.99. The van der Waals surface area contributed by atoms with E-state index in [0.717, 1.165) is 44.9 Å². The van der Waals surface area contributed by atoms with Gasteiger partial charge in [0, 0.05) is 0 Å². The molecule has 0 aromatic rings. The number of carbonyl (C=O) groups excluding carboxylic acids is 1. The summed E-state index contributed by atoms with van der Waals surface area (Å²) < 4.78 is 11.1. The van der Waals surface area contributed by atoms with Crippen LogP contribution in [-0.4, -0.2) is 98.7 Å². The maximum atomic E-state index is 13.0. The van der Waals surface area contributed by atoms with Crippen LogP contribution in [0.2, 0.25) is 0 Å². The minimum Gasteiger partial charge on any atom is -0.394 e. The van der Waals surface area contributed by atoms with Crippen LogP contribution in [0.1, 0.15) is 187 Å². The van der Waals surface area contributed by atoms with Crippen LogP contribution in [0.15, 0.2) is 0 Å². The van der Waals surface area contributed by atoms with Crippen molar-refractivity contribution in [3.63, 3.8) is 0 Å². The van der Waals surface area contributed by atoms with Crippen LogP contribution in [0, 0.1) is 0 Å². The zero-order valence-electron chi connectivity index (χ0n) is 32.0. The molecule has 1 aliphatic heterocycles. The molecule has 0 aliphatic carbocycles. The lowest BCUT2D eigenvalue weighted by molar-refractivity contribution is -0.302. The van der Waals surface area contributed by atoms with Crippen LogP contribution in [0.5, 0.6) is 0 Å². The normalized spacial score (nSPS) is 22.8. The second-order valence-corrected chi connectivity index (χ2v) is 14.9. The van der Waals surface area contributed by atoms with E-state index in [4.69, 9.17) is 9.47 Å². The summed E-state index contributed by atoms with van der Waals surface area (Å²) in [6.45, 7) is 3.64. The van der Waals surface area contributed by atoms with Crippen LogP contribution in [0.3, 0.4) is 0 Å². The molecule has 0 aromatic carbocycles. The Balaban J connectivity index is 2.45. The van der Waals surface area contributed by atoms with Crippen molar-refractivity contribution >= 4 is 5.91 Å². The number of hydrogen-bond acceptors (Lipinski definition) is 9. The van der Waals surface area contributed by atoms with Crippen molar-refractivity contribution in [3.05, 3.63) is 0 Å². The highest BCUT2D eigenvalue weighted by Gasteiger charge is 2.44. The van der Waals surface area contributed by atoms with Gasteiger partial charge in [0.2, 0.25) is 5.91 Å². The quantitative estimate of drug-likeness (QED) is 0.0364. The van der Waals surface area contributed by atoms with Gasteiger partial charge < -0.3 is 45.4 Å². The molecule has 1 saturated heterocycles. The highest BCUT2D eigenvalue weighted by Crippen LogP contribution is 2.23. The predicted molar refractivity (Wildman–Crippen MR) is 200 cm³/mol. The summed E-state index contributed by atoms with van der Waals surface area (Å²) in [5.74, 6) is -0.583. The molecule has 0 radical (unpaired) electrons. The molecule has 1 rings (SSSR count). The van der Waals surface area contributed by atoms with E-state index in [0.29, 0.717) is 12.8 Å². The third kappa shape index (κ3) is 22.3. The van der Waals surface area contributed by atoms with E-state index in [-0.39, 0.29) is 6.61 Å². The fourth-order valence-electron chi connectivity index (χ4n) is 6.81. The summed E-state index contributed by atoms with van der Waals surface area (Å²) in [4.78, 5) is 13.0. The number of rotatable bonds is 34. The van der Waals surface area contributed by atoms with Gasteiger partial charge in [-0.25, -0.2) is 0 Å². The summed E-state index contributed by atoms with van der Waals surface area (Å²) >= 11 is 0. The van der Waals surface area contributed by atoms with Gasteiger partial charge in [0.05, 0.1) is 25.4 Å². The van der Waals surface area contributed by atoms with Crippen LogP contribution < -0.4 is 5.32 Å². The standard InChI is InChI=1S/C40H79NO9/c1-3-5-7-9-11-13-15-17-19-21-23-25-27-29-34(44)39(48)41-32(31-49-40-38(47)37(46)36(45)35(30-42)50-40)33(43)28-26-24-22-20-18-16-14-12-10-8-6-4-2/h32-38,40,42-47H,3-31H2,1-2H3,(H,41,48). The molecule has 298 valence electrons. The van der Waals surface area contributed by atoms with E-state index in [1.807, 2.05) is 0 Å². The molecule has 10 heteroatoms. The molecule has 8 atom stereocenters. The zero-order valence-corrected chi connectivity index (χ0v) is 32.0. The van der Waals surface area contributed by atoms with Crippen molar-refractivity contribution in [1.82, 2.24) is 5.32 Å². The van der Waals surface area contributed by atoms with Crippen molar-refractivity contribution in [2.24, 2.45) is 0 Å². The summed E-state index contributed by atoms with van der Waals surface area (Å²) in [5.41, 5.74) is 0. The third-order valence-electron chi connectivity index (χ3n) is 10.3. The van der Waals surface area contributed by atoms with Crippen LogP contribution >= 0.6 is 0 Å². The molecule has 0 aromatic heterocycles. The molecule has 1 heterocycles. The Hall–Kier alpha value is -0.850. The Morgan fingerprint density at radius 2 is 1.00 bits per heavy atom. The minimum atomic E-state index is -1.59.